The first-order chi connectivity index (χ1) is 13.3. The molecule has 0 atom stereocenters. The van der Waals surface area contributed by atoms with Crippen LogP contribution in [-0.4, -0.2) is 46.5 Å². The maximum absolute atomic E-state index is 13.0. The number of ether oxygens (including phenoxy) is 1. The number of hydrogen-bond donors (Lipinski definition) is 0. The summed E-state index contributed by atoms with van der Waals surface area (Å²) in [6, 6.07) is 13.0. The molecule has 0 saturated heterocycles. The Labute approximate surface area is 167 Å². The minimum atomic E-state index is -3.80. The molecule has 0 saturated carbocycles. The monoisotopic (exact) mass is 404 g/mol. The first kappa shape index (κ1) is 21.8. The average molecular weight is 405 g/mol. The van der Waals surface area contributed by atoms with E-state index in [2.05, 4.69) is 6.92 Å². The highest BCUT2D eigenvalue weighted by atomic mass is 32.2. The van der Waals surface area contributed by atoms with Crippen molar-refractivity contribution in [2.45, 2.75) is 31.6 Å². The molecule has 0 unspecified atom stereocenters. The van der Waals surface area contributed by atoms with E-state index in [1.165, 1.54) is 23.5 Å². The minimum Gasteiger partial charge on any atom is -0.497 e. The maximum atomic E-state index is 13.0. The third kappa shape index (κ3) is 4.84. The fourth-order valence-electron chi connectivity index (χ4n) is 2.81. The highest BCUT2D eigenvalue weighted by Gasteiger charge is 2.23. The molecule has 0 aromatic heterocycles. The van der Waals surface area contributed by atoms with Crippen molar-refractivity contribution in [1.29, 1.82) is 0 Å². The van der Waals surface area contributed by atoms with Crippen LogP contribution in [0.1, 0.15) is 37.0 Å². The zero-order valence-electron chi connectivity index (χ0n) is 16.9. The van der Waals surface area contributed by atoms with Gasteiger partial charge in [0.05, 0.1) is 17.7 Å². The summed E-state index contributed by atoms with van der Waals surface area (Å²) < 4.78 is 32.4. The average Bonchev–Trinajstić information content (AvgIpc) is 2.73. The van der Waals surface area contributed by atoms with Crippen LogP contribution < -0.4 is 9.04 Å². The minimum absolute atomic E-state index is 0.0863. The molecule has 0 N–H and O–H groups in total. The molecule has 0 spiro atoms. The quantitative estimate of drug-likeness (QED) is 0.638. The van der Waals surface area contributed by atoms with Crippen molar-refractivity contribution in [2.24, 2.45) is 0 Å². The van der Waals surface area contributed by atoms with Crippen LogP contribution in [0.25, 0.3) is 0 Å². The largest absolute Gasteiger partial charge is 0.497 e. The highest BCUT2D eigenvalue weighted by molar-refractivity contribution is 7.92. The van der Waals surface area contributed by atoms with Gasteiger partial charge in [0.1, 0.15) is 5.75 Å². The summed E-state index contributed by atoms with van der Waals surface area (Å²) >= 11 is 0. The Morgan fingerprint density at radius 2 is 1.75 bits per heavy atom. The van der Waals surface area contributed by atoms with Gasteiger partial charge < -0.3 is 9.64 Å². The van der Waals surface area contributed by atoms with Crippen molar-refractivity contribution < 1.29 is 17.9 Å². The molecular weight excluding hydrogens is 376 g/mol. The second kappa shape index (κ2) is 9.59. The lowest BCUT2D eigenvalue weighted by Crippen LogP contribution is -2.32. The van der Waals surface area contributed by atoms with Crippen molar-refractivity contribution >= 4 is 21.6 Å². The molecule has 0 fully saturated rings. The zero-order chi connectivity index (χ0) is 20.7. The fraction of sp³-hybridized carbons (Fsp3) is 0.381. The topological polar surface area (TPSA) is 66.9 Å². The maximum Gasteiger partial charge on any atom is 0.264 e. The van der Waals surface area contributed by atoms with Gasteiger partial charge in [-0.15, -0.1) is 0 Å². The fourth-order valence-corrected chi connectivity index (χ4v) is 4.06. The van der Waals surface area contributed by atoms with Crippen LogP contribution in [0.2, 0.25) is 0 Å². The summed E-state index contributed by atoms with van der Waals surface area (Å²) in [6.45, 7) is 5.24. The van der Waals surface area contributed by atoms with Crippen LogP contribution in [0.4, 0.5) is 5.69 Å². The Hall–Kier alpha value is -2.54. The van der Waals surface area contributed by atoms with Crippen molar-refractivity contribution in [2.75, 3.05) is 31.6 Å². The van der Waals surface area contributed by atoms with Crippen LogP contribution >= 0.6 is 0 Å². The van der Waals surface area contributed by atoms with Gasteiger partial charge in [-0.05, 0) is 55.8 Å². The lowest BCUT2D eigenvalue weighted by atomic mass is 10.2. The van der Waals surface area contributed by atoms with Crippen molar-refractivity contribution in [3.8, 4) is 5.75 Å². The summed E-state index contributed by atoms with van der Waals surface area (Å²) in [4.78, 5) is 14.6. The Morgan fingerprint density at radius 1 is 1.07 bits per heavy atom. The van der Waals surface area contributed by atoms with E-state index in [0.717, 1.165) is 12.8 Å². The molecular formula is C21H28N2O4S. The number of carbonyl (C=O) groups excluding carboxylic acids is 1. The Kier molecular flexibility index (Phi) is 7.45. The molecule has 2 aromatic rings. The van der Waals surface area contributed by atoms with Crippen LogP contribution in [0, 0.1) is 0 Å². The van der Waals surface area contributed by atoms with Crippen LogP contribution in [0.15, 0.2) is 53.4 Å². The number of benzene rings is 2. The van der Waals surface area contributed by atoms with E-state index in [9.17, 15) is 13.2 Å². The van der Waals surface area contributed by atoms with Gasteiger partial charge in [-0.25, -0.2) is 8.42 Å². The van der Waals surface area contributed by atoms with Gasteiger partial charge >= 0.3 is 0 Å². The number of anilines is 1. The molecule has 0 heterocycles. The van der Waals surface area contributed by atoms with Gasteiger partial charge in [-0.3, -0.25) is 9.10 Å². The third-order valence-electron chi connectivity index (χ3n) is 4.63. The van der Waals surface area contributed by atoms with Gasteiger partial charge in [-0.2, -0.15) is 0 Å². The number of nitrogens with zero attached hydrogens (tertiary/aromatic N) is 2. The molecule has 152 valence electrons. The van der Waals surface area contributed by atoms with E-state index in [4.69, 9.17) is 4.74 Å². The summed E-state index contributed by atoms with van der Waals surface area (Å²) in [5.74, 6) is 0.494. The molecule has 0 radical (unpaired) electrons. The molecule has 6 nitrogen and oxygen atoms in total. The second-order valence-corrected chi connectivity index (χ2v) is 8.41. The summed E-state index contributed by atoms with van der Waals surface area (Å²) in [7, 11) is -0.750. The number of amides is 1. The standard InChI is InChI=1S/C21H28N2O4S/c1-5-7-15-23(6-2)21(24)17-9-8-10-20(16-17)28(25,26)22(3)18-11-13-19(27-4)14-12-18/h8-14,16H,5-7,15H2,1-4H3. The normalized spacial score (nSPS) is 11.1. The molecule has 0 aliphatic rings. The highest BCUT2D eigenvalue weighted by Crippen LogP contribution is 2.25. The SMILES string of the molecule is CCCCN(CC)C(=O)c1cccc(S(=O)(=O)N(C)c2ccc(OC)cc2)c1. The first-order valence-electron chi connectivity index (χ1n) is 9.37. The Bertz CT molecular complexity index is 895. The van der Waals surface area contributed by atoms with E-state index < -0.39 is 10.0 Å². The van der Waals surface area contributed by atoms with E-state index in [1.54, 1.807) is 48.4 Å². The molecule has 2 rings (SSSR count). The van der Waals surface area contributed by atoms with Crippen LogP contribution in [-0.2, 0) is 10.0 Å². The molecule has 0 aliphatic carbocycles. The Morgan fingerprint density at radius 3 is 2.32 bits per heavy atom. The van der Waals surface area contributed by atoms with Crippen molar-refractivity contribution in [3.05, 3.63) is 54.1 Å². The van der Waals surface area contributed by atoms with E-state index in [0.29, 0.717) is 30.1 Å². The lowest BCUT2D eigenvalue weighted by molar-refractivity contribution is 0.0762. The zero-order valence-corrected chi connectivity index (χ0v) is 17.7. The number of rotatable bonds is 9. The molecule has 2 aromatic carbocycles. The van der Waals surface area contributed by atoms with E-state index in [1.807, 2.05) is 6.92 Å². The molecule has 7 heteroatoms. The number of methoxy groups -OCH3 is 1. The predicted octanol–water partition coefficient (Wildman–Crippen LogP) is 3.78. The predicted molar refractivity (Wildman–Crippen MR) is 112 cm³/mol. The van der Waals surface area contributed by atoms with Crippen molar-refractivity contribution in [3.63, 3.8) is 0 Å². The van der Waals surface area contributed by atoms with Crippen molar-refractivity contribution in [1.82, 2.24) is 4.90 Å². The number of unbranched alkanes of at least 4 members (excludes halogenated alkanes) is 1. The molecule has 0 bridgehead atoms. The molecule has 1 amide bonds. The van der Waals surface area contributed by atoms with Gasteiger partial charge in [0.2, 0.25) is 0 Å². The van der Waals surface area contributed by atoms with Gasteiger partial charge in [0, 0.05) is 25.7 Å². The summed E-state index contributed by atoms with van der Waals surface area (Å²) in [5.41, 5.74) is 0.887. The molecule has 28 heavy (non-hydrogen) atoms. The van der Waals surface area contributed by atoms with Crippen LogP contribution in [0.3, 0.4) is 0 Å². The second-order valence-electron chi connectivity index (χ2n) is 6.44. The smallest absolute Gasteiger partial charge is 0.264 e. The Balaban J connectivity index is 2.30. The van der Waals surface area contributed by atoms with Gasteiger partial charge in [0.25, 0.3) is 15.9 Å². The summed E-state index contributed by atoms with van der Waals surface area (Å²) in [6.07, 6.45) is 1.91. The number of carbonyl (C=O) groups is 1. The third-order valence-corrected chi connectivity index (χ3v) is 6.41. The summed E-state index contributed by atoms with van der Waals surface area (Å²) in [5, 5.41) is 0. The first-order valence-corrected chi connectivity index (χ1v) is 10.8. The molecule has 0 aliphatic heterocycles. The van der Waals surface area contributed by atoms with Gasteiger partial charge in [-0.1, -0.05) is 19.4 Å². The van der Waals surface area contributed by atoms with Gasteiger partial charge in [0.15, 0.2) is 0 Å². The number of hydrogen-bond acceptors (Lipinski definition) is 4. The van der Waals surface area contributed by atoms with Crippen LogP contribution in [0.5, 0.6) is 5.75 Å². The lowest BCUT2D eigenvalue weighted by Gasteiger charge is -2.22. The van der Waals surface area contributed by atoms with E-state index >= 15 is 0 Å². The number of sulfonamides is 1. The van der Waals surface area contributed by atoms with E-state index in [-0.39, 0.29) is 10.8 Å².